The second-order valence-electron chi connectivity index (χ2n) is 6.56. The van der Waals surface area contributed by atoms with E-state index in [0.29, 0.717) is 17.3 Å². The van der Waals surface area contributed by atoms with E-state index >= 15 is 0 Å². The first kappa shape index (κ1) is 20.1. The van der Waals surface area contributed by atoms with E-state index in [2.05, 4.69) is 57.8 Å². The van der Waals surface area contributed by atoms with Crippen LogP contribution < -0.4 is 5.32 Å². The molecule has 1 aliphatic heterocycles. The predicted octanol–water partition coefficient (Wildman–Crippen LogP) is 5.10. The average molecular weight is 441 g/mol. The highest BCUT2D eigenvalue weighted by Gasteiger charge is 2.23. The van der Waals surface area contributed by atoms with E-state index in [1.807, 2.05) is 25.1 Å². The van der Waals surface area contributed by atoms with Crippen LogP contribution >= 0.6 is 34.9 Å². The molecule has 0 saturated carbocycles. The molecule has 2 aromatic carbocycles. The monoisotopic (exact) mass is 440 g/mol. The number of amidine groups is 1. The Kier molecular flexibility index (Phi) is 6.32. The van der Waals surface area contributed by atoms with Crippen molar-refractivity contribution in [2.24, 2.45) is 10.2 Å². The Balaban J connectivity index is 1.41. The lowest BCUT2D eigenvalue weighted by Gasteiger charge is -2.16. The lowest BCUT2D eigenvalue weighted by Crippen LogP contribution is -2.36. The summed E-state index contributed by atoms with van der Waals surface area (Å²) < 4.78 is 2.04. The molecule has 0 fully saturated rings. The summed E-state index contributed by atoms with van der Waals surface area (Å²) in [5, 5.41) is 11.8. The molecular formula is C21H20N4OS3. The van der Waals surface area contributed by atoms with Gasteiger partial charge in [-0.1, -0.05) is 72.4 Å². The maximum atomic E-state index is 12.8. The zero-order chi connectivity index (χ0) is 20.2. The van der Waals surface area contributed by atoms with Crippen molar-refractivity contribution in [2.75, 3.05) is 5.75 Å². The van der Waals surface area contributed by atoms with Crippen molar-refractivity contribution in [3.8, 4) is 0 Å². The van der Waals surface area contributed by atoms with Gasteiger partial charge in [-0.15, -0.1) is 16.4 Å². The Hall–Kier alpha value is -2.16. The Bertz CT molecular complexity index is 1060. The van der Waals surface area contributed by atoms with Gasteiger partial charge in [-0.05, 0) is 31.0 Å². The molecule has 8 heteroatoms. The highest BCUT2D eigenvalue weighted by Crippen LogP contribution is 2.33. The number of carbonyl (C=O) groups excluding carboxylic acids is 1. The summed E-state index contributed by atoms with van der Waals surface area (Å²) >= 11 is 4.62. The molecule has 0 spiro atoms. The number of amides is 1. The van der Waals surface area contributed by atoms with Crippen LogP contribution in [0.15, 0.2) is 63.1 Å². The molecule has 29 heavy (non-hydrogen) atoms. The molecule has 1 amide bonds. The fourth-order valence-corrected chi connectivity index (χ4v) is 5.78. The molecule has 1 aromatic heterocycles. The molecule has 3 aromatic rings. The molecule has 4 rings (SSSR count). The van der Waals surface area contributed by atoms with E-state index in [1.54, 1.807) is 11.3 Å². The number of thioether (sulfide) groups is 2. The summed E-state index contributed by atoms with van der Waals surface area (Å²) in [7, 11) is 0. The maximum absolute atomic E-state index is 12.8. The van der Waals surface area contributed by atoms with Crippen molar-refractivity contribution < 1.29 is 4.79 Å². The molecule has 0 saturated heterocycles. The number of nitrogens with zero attached hydrogens (tertiary/aromatic N) is 3. The zero-order valence-electron chi connectivity index (χ0n) is 16.1. The van der Waals surface area contributed by atoms with Crippen LogP contribution in [0.5, 0.6) is 0 Å². The SMILES string of the molecule is CC[C@@H](Sc1nc2ccccc2s1)C(=O)NC1=NN=C(c2ccc(C)cc2)CS1. The first-order valence-electron chi connectivity index (χ1n) is 9.30. The van der Waals surface area contributed by atoms with Crippen LogP contribution in [0.25, 0.3) is 10.2 Å². The number of aryl methyl sites for hydroxylation is 1. The maximum Gasteiger partial charge on any atom is 0.239 e. The number of aromatic nitrogens is 1. The van der Waals surface area contributed by atoms with Gasteiger partial charge in [0, 0.05) is 5.75 Å². The number of benzene rings is 2. The molecule has 1 aliphatic rings. The van der Waals surface area contributed by atoms with Gasteiger partial charge in [0.15, 0.2) is 9.51 Å². The third-order valence-corrected chi connectivity index (χ3v) is 7.77. The van der Waals surface area contributed by atoms with Crippen LogP contribution in [0, 0.1) is 6.92 Å². The van der Waals surface area contributed by atoms with Crippen molar-refractivity contribution >= 4 is 61.9 Å². The number of thiazole rings is 1. The van der Waals surface area contributed by atoms with Gasteiger partial charge in [-0.2, -0.15) is 5.10 Å². The third-order valence-electron chi connectivity index (χ3n) is 4.40. The molecule has 148 valence electrons. The topological polar surface area (TPSA) is 66.7 Å². The molecule has 0 unspecified atom stereocenters. The van der Waals surface area contributed by atoms with Gasteiger partial charge in [-0.3, -0.25) is 4.79 Å². The second kappa shape index (κ2) is 9.11. The highest BCUT2D eigenvalue weighted by atomic mass is 32.2. The minimum atomic E-state index is -0.221. The molecule has 2 heterocycles. The first-order valence-corrected chi connectivity index (χ1v) is 12.0. The number of carbonyl (C=O) groups is 1. The minimum absolute atomic E-state index is 0.0583. The number of fused-ring (bicyclic) bond motifs is 1. The third kappa shape index (κ3) is 4.88. The molecule has 1 N–H and O–H groups in total. The van der Waals surface area contributed by atoms with Gasteiger partial charge in [0.2, 0.25) is 5.91 Å². The Labute approximate surface area is 182 Å². The Morgan fingerprint density at radius 1 is 1.17 bits per heavy atom. The van der Waals surface area contributed by atoms with Crippen LogP contribution in [-0.2, 0) is 4.79 Å². The van der Waals surface area contributed by atoms with Gasteiger partial charge in [0.1, 0.15) is 0 Å². The first-order chi connectivity index (χ1) is 14.1. The number of hydrogen-bond acceptors (Lipinski definition) is 7. The summed E-state index contributed by atoms with van der Waals surface area (Å²) in [6.07, 6.45) is 0.711. The van der Waals surface area contributed by atoms with E-state index in [-0.39, 0.29) is 11.2 Å². The fourth-order valence-electron chi connectivity index (χ4n) is 2.78. The van der Waals surface area contributed by atoms with Crippen LogP contribution in [-0.4, -0.2) is 32.8 Å². The lowest BCUT2D eigenvalue weighted by molar-refractivity contribution is -0.119. The highest BCUT2D eigenvalue weighted by molar-refractivity contribution is 8.14. The van der Waals surface area contributed by atoms with Gasteiger partial charge in [0.25, 0.3) is 0 Å². The summed E-state index contributed by atoms with van der Waals surface area (Å²) in [5.74, 6) is 0.626. The molecule has 0 bridgehead atoms. The van der Waals surface area contributed by atoms with Gasteiger partial charge < -0.3 is 5.32 Å². The lowest BCUT2D eigenvalue weighted by atomic mass is 10.1. The number of rotatable bonds is 5. The number of nitrogens with one attached hydrogen (secondary N) is 1. The Morgan fingerprint density at radius 2 is 1.97 bits per heavy atom. The summed E-state index contributed by atoms with van der Waals surface area (Å²) in [6, 6.07) is 16.3. The van der Waals surface area contributed by atoms with Gasteiger partial charge in [-0.25, -0.2) is 4.98 Å². The number of para-hydroxylation sites is 1. The van der Waals surface area contributed by atoms with E-state index in [0.717, 1.165) is 25.8 Å². The second-order valence-corrected chi connectivity index (χ2v) is 10.0. The van der Waals surface area contributed by atoms with Crippen molar-refractivity contribution in [2.45, 2.75) is 29.9 Å². The van der Waals surface area contributed by atoms with Crippen molar-refractivity contribution in [1.82, 2.24) is 10.3 Å². The quantitative estimate of drug-likeness (QED) is 0.561. The fraction of sp³-hybridized carbons (Fsp3) is 0.238. The van der Waals surface area contributed by atoms with Crippen LogP contribution in [0.3, 0.4) is 0 Å². The van der Waals surface area contributed by atoms with Crippen LogP contribution in [0.1, 0.15) is 24.5 Å². The number of hydrogen-bond donors (Lipinski definition) is 1. The minimum Gasteiger partial charge on any atom is -0.303 e. The molecule has 0 radical (unpaired) electrons. The largest absolute Gasteiger partial charge is 0.303 e. The standard InChI is InChI=1S/C21H20N4OS3/c1-3-17(28-21-22-15-6-4-5-7-18(15)29-21)19(26)23-20-25-24-16(12-27-20)14-10-8-13(2)9-11-14/h4-11,17H,3,12H2,1-2H3,(H,23,25,26)/t17-/m1/s1. The van der Waals surface area contributed by atoms with Crippen molar-refractivity contribution in [3.63, 3.8) is 0 Å². The molecule has 0 aliphatic carbocycles. The smallest absolute Gasteiger partial charge is 0.239 e. The predicted molar refractivity (Wildman–Crippen MR) is 125 cm³/mol. The van der Waals surface area contributed by atoms with Crippen molar-refractivity contribution in [3.05, 3.63) is 59.7 Å². The van der Waals surface area contributed by atoms with E-state index < -0.39 is 0 Å². The van der Waals surface area contributed by atoms with Gasteiger partial charge in [0.05, 0.1) is 21.2 Å². The summed E-state index contributed by atoms with van der Waals surface area (Å²) in [6.45, 7) is 4.07. The van der Waals surface area contributed by atoms with E-state index in [1.165, 1.54) is 29.1 Å². The molecular weight excluding hydrogens is 420 g/mol. The van der Waals surface area contributed by atoms with Crippen molar-refractivity contribution in [1.29, 1.82) is 0 Å². The van der Waals surface area contributed by atoms with Crippen LogP contribution in [0.4, 0.5) is 0 Å². The molecule has 1 atom stereocenters. The van der Waals surface area contributed by atoms with E-state index in [4.69, 9.17) is 0 Å². The van der Waals surface area contributed by atoms with E-state index in [9.17, 15) is 4.79 Å². The molecule has 5 nitrogen and oxygen atoms in total. The zero-order valence-corrected chi connectivity index (χ0v) is 18.5. The van der Waals surface area contributed by atoms with Crippen LogP contribution in [0.2, 0.25) is 0 Å². The van der Waals surface area contributed by atoms with Gasteiger partial charge >= 0.3 is 0 Å². The average Bonchev–Trinajstić information content (AvgIpc) is 3.16. The summed E-state index contributed by atoms with van der Waals surface area (Å²) in [5.41, 5.74) is 4.17. The Morgan fingerprint density at radius 3 is 2.66 bits per heavy atom. The summed E-state index contributed by atoms with van der Waals surface area (Å²) in [4.78, 5) is 17.4. The normalized spacial score (nSPS) is 15.0.